The molecule has 0 N–H and O–H groups in total. The molecular weight excluding hydrogens is 350 g/mol. The van der Waals surface area contributed by atoms with Gasteiger partial charge in [0.1, 0.15) is 5.25 Å². The topological polar surface area (TPSA) is 47.0 Å². The Balaban J connectivity index is 1.95. The molecule has 0 amide bonds. The van der Waals surface area contributed by atoms with Gasteiger partial charge in [0, 0.05) is 6.42 Å². The van der Waals surface area contributed by atoms with Crippen molar-refractivity contribution in [3.63, 3.8) is 0 Å². The van der Waals surface area contributed by atoms with Gasteiger partial charge in [-0.2, -0.15) is 0 Å². The first-order chi connectivity index (χ1) is 12.1. The first-order valence-electron chi connectivity index (χ1n) is 9.21. The van der Waals surface area contributed by atoms with Crippen LogP contribution < -0.4 is 0 Å². The van der Waals surface area contributed by atoms with Gasteiger partial charge in [0.25, 0.3) is 0 Å². The van der Waals surface area contributed by atoms with E-state index in [1.807, 2.05) is 24.3 Å². The Bertz CT molecular complexity index is 835. The second-order valence-corrected chi connectivity index (χ2v) is 10.0. The van der Waals surface area contributed by atoms with Crippen LogP contribution in [0.2, 0.25) is 0 Å². The molecule has 1 aromatic carbocycles. The zero-order valence-electron chi connectivity index (χ0n) is 14.7. The number of hydrogen-bond acceptors (Lipinski definition) is 4. The minimum Gasteiger partial charge on any atom is -0.225 e. The molecule has 1 aromatic heterocycles. The van der Waals surface area contributed by atoms with Crippen molar-refractivity contribution in [3.8, 4) is 11.8 Å². The van der Waals surface area contributed by atoms with E-state index in [-0.39, 0.29) is 10.3 Å². The van der Waals surface area contributed by atoms with Crippen LogP contribution in [0.3, 0.4) is 0 Å². The summed E-state index contributed by atoms with van der Waals surface area (Å²) in [6.45, 7) is 2.12. The van der Waals surface area contributed by atoms with Crippen molar-refractivity contribution in [2.45, 2.75) is 67.9 Å². The van der Waals surface area contributed by atoms with Gasteiger partial charge >= 0.3 is 0 Å². The number of thiazole rings is 1. The van der Waals surface area contributed by atoms with Gasteiger partial charge in [-0.3, -0.25) is 0 Å². The lowest BCUT2D eigenvalue weighted by molar-refractivity contribution is 0.363. The highest BCUT2D eigenvalue weighted by atomic mass is 32.2. The van der Waals surface area contributed by atoms with Crippen LogP contribution >= 0.6 is 11.3 Å². The van der Waals surface area contributed by atoms with E-state index in [9.17, 15) is 8.42 Å². The molecule has 0 aliphatic heterocycles. The summed E-state index contributed by atoms with van der Waals surface area (Å²) in [5, 5.41) is -0.606. The molecule has 5 heteroatoms. The molecule has 1 heterocycles. The highest BCUT2D eigenvalue weighted by Gasteiger charge is 2.36. The number of unbranched alkanes of at least 4 members (excludes halogenated alkanes) is 2. The normalized spacial score (nSPS) is 17.2. The van der Waals surface area contributed by atoms with Gasteiger partial charge in [0.2, 0.25) is 14.2 Å². The van der Waals surface area contributed by atoms with E-state index in [1.165, 1.54) is 17.8 Å². The molecule has 3 rings (SSSR count). The van der Waals surface area contributed by atoms with Gasteiger partial charge in [-0.15, -0.1) is 17.3 Å². The Morgan fingerprint density at radius 3 is 2.72 bits per heavy atom. The Morgan fingerprint density at radius 2 is 2.00 bits per heavy atom. The van der Waals surface area contributed by atoms with Gasteiger partial charge in [0.05, 0.1) is 10.2 Å². The van der Waals surface area contributed by atoms with Crippen LogP contribution in [0, 0.1) is 17.8 Å². The van der Waals surface area contributed by atoms with Crippen LogP contribution in [0.1, 0.15) is 58.3 Å². The van der Waals surface area contributed by atoms with E-state index < -0.39 is 15.1 Å². The third kappa shape index (κ3) is 4.24. The second-order valence-electron chi connectivity index (χ2n) is 6.74. The fourth-order valence-electron chi connectivity index (χ4n) is 3.41. The van der Waals surface area contributed by atoms with Crippen molar-refractivity contribution in [2.24, 2.45) is 5.92 Å². The average Bonchev–Trinajstić information content (AvgIpc) is 3.07. The summed E-state index contributed by atoms with van der Waals surface area (Å²) in [5.41, 5.74) is 0.757. The molecule has 2 aromatic rings. The molecule has 0 spiro atoms. The molecule has 1 atom stereocenters. The molecule has 1 fully saturated rings. The minimum absolute atomic E-state index is 0.139. The van der Waals surface area contributed by atoms with Crippen LogP contribution in [-0.2, 0) is 9.84 Å². The summed E-state index contributed by atoms with van der Waals surface area (Å²) in [5.74, 6) is 6.42. The predicted molar refractivity (Wildman–Crippen MR) is 104 cm³/mol. The van der Waals surface area contributed by atoms with Crippen LogP contribution in [-0.4, -0.2) is 18.7 Å². The number of hydrogen-bond donors (Lipinski definition) is 0. The van der Waals surface area contributed by atoms with Crippen LogP contribution in [0.25, 0.3) is 10.2 Å². The van der Waals surface area contributed by atoms with Gasteiger partial charge in [-0.1, -0.05) is 50.7 Å². The molecule has 0 radical (unpaired) electrons. The zero-order chi connectivity index (χ0) is 17.7. The predicted octanol–water partition coefficient (Wildman–Crippen LogP) is 5.21. The third-order valence-corrected chi connectivity index (χ3v) is 8.36. The standard InChI is InChI=1S/C20H25NO2S2/c1-2-3-4-8-15-19(16-11-6-5-7-12-16)25(22,23)20-21-17-13-9-10-14-18(17)24-20/h9-10,13-14,16,19H,2-7,11-12H2,1H3. The van der Waals surface area contributed by atoms with Crippen LogP contribution in [0.5, 0.6) is 0 Å². The fourth-order valence-corrected chi connectivity index (χ4v) is 6.61. The van der Waals surface area contributed by atoms with E-state index in [0.29, 0.717) is 0 Å². The minimum atomic E-state index is -3.52. The largest absolute Gasteiger partial charge is 0.225 e. The highest BCUT2D eigenvalue weighted by molar-refractivity contribution is 7.94. The van der Waals surface area contributed by atoms with E-state index in [4.69, 9.17) is 0 Å². The summed E-state index contributed by atoms with van der Waals surface area (Å²) in [4.78, 5) is 4.41. The summed E-state index contributed by atoms with van der Waals surface area (Å²) < 4.78 is 27.8. The van der Waals surface area contributed by atoms with Gasteiger partial charge in [-0.05, 0) is 37.3 Å². The fraction of sp³-hybridized carbons (Fsp3) is 0.550. The lowest BCUT2D eigenvalue weighted by Crippen LogP contribution is -2.30. The summed E-state index contributed by atoms with van der Waals surface area (Å²) in [7, 11) is -3.52. The first kappa shape index (κ1) is 18.4. The third-order valence-electron chi connectivity index (χ3n) is 4.83. The summed E-state index contributed by atoms with van der Waals surface area (Å²) >= 11 is 1.27. The van der Waals surface area contributed by atoms with Crippen LogP contribution in [0.4, 0.5) is 0 Å². The molecule has 0 saturated heterocycles. The molecule has 134 valence electrons. The van der Waals surface area contributed by atoms with Crippen molar-refractivity contribution in [1.29, 1.82) is 0 Å². The lowest BCUT2D eigenvalue weighted by atomic mass is 9.87. The van der Waals surface area contributed by atoms with E-state index in [2.05, 4.69) is 23.7 Å². The molecule has 3 nitrogen and oxygen atoms in total. The SMILES string of the molecule is CCCCC#CC(C1CCCCC1)S(=O)(=O)c1nc2ccccc2s1. The summed E-state index contributed by atoms with van der Waals surface area (Å²) in [6.07, 6.45) is 8.19. The Kier molecular flexibility index (Phi) is 6.14. The maximum atomic E-state index is 13.3. The van der Waals surface area contributed by atoms with Gasteiger partial charge < -0.3 is 0 Å². The number of para-hydroxylation sites is 1. The van der Waals surface area contributed by atoms with Crippen molar-refractivity contribution >= 4 is 31.4 Å². The van der Waals surface area contributed by atoms with Crippen molar-refractivity contribution in [3.05, 3.63) is 24.3 Å². The Morgan fingerprint density at radius 1 is 1.24 bits per heavy atom. The van der Waals surface area contributed by atoms with Gasteiger partial charge in [-0.25, -0.2) is 13.4 Å². The first-order valence-corrected chi connectivity index (χ1v) is 11.6. The molecule has 1 aliphatic rings. The zero-order valence-corrected chi connectivity index (χ0v) is 16.3. The van der Waals surface area contributed by atoms with E-state index in [1.54, 1.807) is 0 Å². The number of aromatic nitrogens is 1. The summed E-state index contributed by atoms with van der Waals surface area (Å²) in [6, 6.07) is 7.60. The van der Waals surface area contributed by atoms with Gasteiger partial charge in [0.15, 0.2) is 0 Å². The lowest BCUT2D eigenvalue weighted by Gasteiger charge is -2.26. The van der Waals surface area contributed by atoms with E-state index in [0.717, 1.165) is 55.2 Å². The molecular formula is C20H25NO2S2. The molecule has 1 saturated carbocycles. The quantitative estimate of drug-likeness (QED) is 0.532. The average molecular weight is 376 g/mol. The maximum absolute atomic E-state index is 13.3. The van der Waals surface area contributed by atoms with Crippen molar-refractivity contribution < 1.29 is 8.42 Å². The van der Waals surface area contributed by atoms with Crippen molar-refractivity contribution in [2.75, 3.05) is 0 Å². The number of benzene rings is 1. The smallest absolute Gasteiger partial charge is 0.219 e. The maximum Gasteiger partial charge on any atom is 0.219 e. The number of nitrogens with zero attached hydrogens (tertiary/aromatic N) is 1. The molecule has 25 heavy (non-hydrogen) atoms. The molecule has 0 bridgehead atoms. The number of fused-ring (bicyclic) bond motifs is 1. The molecule has 1 unspecified atom stereocenters. The van der Waals surface area contributed by atoms with Crippen molar-refractivity contribution in [1.82, 2.24) is 4.98 Å². The molecule has 1 aliphatic carbocycles. The monoisotopic (exact) mass is 375 g/mol. The Labute approximate surface area is 154 Å². The van der Waals surface area contributed by atoms with E-state index >= 15 is 0 Å². The number of rotatable bonds is 5. The Hall–Kier alpha value is -1.38. The number of sulfone groups is 1. The van der Waals surface area contributed by atoms with Crippen LogP contribution in [0.15, 0.2) is 28.6 Å². The highest BCUT2D eigenvalue weighted by Crippen LogP contribution is 2.35. The second kappa shape index (κ2) is 8.33.